The van der Waals surface area contributed by atoms with Crippen molar-refractivity contribution in [2.75, 3.05) is 19.5 Å². The molecule has 0 N–H and O–H groups in total. The number of rotatable bonds is 9. The van der Waals surface area contributed by atoms with Gasteiger partial charge in [-0.1, -0.05) is 11.6 Å². The van der Waals surface area contributed by atoms with Crippen LogP contribution >= 0.6 is 0 Å². The van der Waals surface area contributed by atoms with E-state index in [9.17, 15) is 8.42 Å². The predicted molar refractivity (Wildman–Crippen MR) is 91.1 cm³/mol. The highest BCUT2D eigenvalue weighted by Crippen LogP contribution is 2.20. The first kappa shape index (κ1) is 20.4. The average molecular weight is 349 g/mol. The molecule has 6 nitrogen and oxygen atoms in total. The summed E-state index contributed by atoms with van der Waals surface area (Å²) in [5, 5.41) is 4.30. The number of ether oxygens (including phenoxy) is 1. The molecule has 0 aromatic carbocycles. The Hall–Kier alpha value is -0.660. The van der Waals surface area contributed by atoms with Gasteiger partial charge in [0.05, 0.1) is 24.7 Å². The molecule has 1 aliphatic rings. The molecule has 0 bridgehead atoms. The standard InChI is InChI=1S/C16H31NO5S/c1-16(2,3)22-17-14-10-6-7-11-15(14)20-12-8-5-9-13-21-23(4,18)19/h15H,5-13H2,1-4H3/b17-14+. The zero-order valence-electron chi connectivity index (χ0n) is 14.8. The van der Waals surface area contributed by atoms with Crippen molar-refractivity contribution in [1.29, 1.82) is 0 Å². The van der Waals surface area contributed by atoms with Gasteiger partial charge in [0.2, 0.25) is 0 Å². The summed E-state index contributed by atoms with van der Waals surface area (Å²) in [5.41, 5.74) is 0.723. The normalized spacial score (nSPS) is 21.6. The highest BCUT2D eigenvalue weighted by Gasteiger charge is 2.22. The number of oxime groups is 1. The van der Waals surface area contributed by atoms with Crippen molar-refractivity contribution >= 4 is 15.8 Å². The molecule has 0 aliphatic heterocycles. The molecule has 1 saturated carbocycles. The minimum Gasteiger partial charge on any atom is -0.390 e. The number of nitrogens with zero attached hydrogens (tertiary/aromatic N) is 1. The van der Waals surface area contributed by atoms with E-state index in [4.69, 9.17) is 13.8 Å². The van der Waals surface area contributed by atoms with Gasteiger partial charge < -0.3 is 9.57 Å². The monoisotopic (exact) mass is 349 g/mol. The van der Waals surface area contributed by atoms with Gasteiger partial charge in [0.25, 0.3) is 10.1 Å². The van der Waals surface area contributed by atoms with Crippen LogP contribution in [0.4, 0.5) is 0 Å². The first-order valence-electron chi connectivity index (χ1n) is 8.38. The molecule has 0 radical (unpaired) electrons. The van der Waals surface area contributed by atoms with Crippen LogP contribution in [0.2, 0.25) is 0 Å². The summed E-state index contributed by atoms with van der Waals surface area (Å²) < 4.78 is 32.3. The van der Waals surface area contributed by atoms with Crippen molar-refractivity contribution < 1.29 is 22.2 Å². The second kappa shape index (κ2) is 9.59. The van der Waals surface area contributed by atoms with Crippen LogP contribution in [0.1, 0.15) is 65.7 Å². The molecular formula is C16H31NO5S. The molecule has 1 fully saturated rings. The van der Waals surface area contributed by atoms with E-state index in [1.807, 2.05) is 20.8 Å². The first-order chi connectivity index (χ1) is 10.7. The maximum Gasteiger partial charge on any atom is 0.264 e. The molecule has 0 spiro atoms. The second-order valence-electron chi connectivity index (χ2n) is 6.98. The Balaban J connectivity index is 2.23. The largest absolute Gasteiger partial charge is 0.390 e. The first-order valence-corrected chi connectivity index (χ1v) is 10.2. The Kier molecular flexibility index (Phi) is 8.50. The number of hydrogen-bond donors (Lipinski definition) is 0. The molecule has 0 aromatic heterocycles. The van der Waals surface area contributed by atoms with Crippen LogP contribution in [0.25, 0.3) is 0 Å². The molecule has 1 rings (SSSR count). The third-order valence-electron chi connectivity index (χ3n) is 3.36. The van der Waals surface area contributed by atoms with E-state index in [-0.39, 0.29) is 18.3 Å². The smallest absolute Gasteiger partial charge is 0.264 e. The van der Waals surface area contributed by atoms with E-state index < -0.39 is 10.1 Å². The molecule has 0 heterocycles. The molecule has 0 amide bonds. The van der Waals surface area contributed by atoms with Gasteiger partial charge in [-0.25, -0.2) is 0 Å². The Morgan fingerprint density at radius 3 is 2.48 bits per heavy atom. The third-order valence-corrected chi connectivity index (χ3v) is 3.96. The molecule has 7 heteroatoms. The average Bonchev–Trinajstić information content (AvgIpc) is 2.43. The lowest BCUT2D eigenvalue weighted by atomic mass is 9.95. The lowest BCUT2D eigenvalue weighted by molar-refractivity contribution is -0.00451. The molecular weight excluding hydrogens is 318 g/mol. The topological polar surface area (TPSA) is 74.2 Å². The van der Waals surface area contributed by atoms with E-state index in [2.05, 4.69) is 5.16 Å². The predicted octanol–water partition coefficient (Wildman–Crippen LogP) is 3.26. The lowest BCUT2D eigenvalue weighted by Crippen LogP contribution is -2.30. The van der Waals surface area contributed by atoms with Gasteiger partial charge in [-0.3, -0.25) is 4.18 Å². The third kappa shape index (κ3) is 10.7. The van der Waals surface area contributed by atoms with E-state index in [1.54, 1.807) is 0 Å². The molecule has 23 heavy (non-hydrogen) atoms. The van der Waals surface area contributed by atoms with Crippen molar-refractivity contribution in [3.05, 3.63) is 0 Å². The molecule has 0 aromatic rings. The molecule has 0 saturated heterocycles. The van der Waals surface area contributed by atoms with Crippen LogP contribution in [0.15, 0.2) is 5.16 Å². The Bertz CT molecular complexity index is 467. The fourth-order valence-electron chi connectivity index (χ4n) is 2.26. The molecule has 1 aliphatic carbocycles. The minimum absolute atomic E-state index is 0.0540. The minimum atomic E-state index is -3.32. The van der Waals surface area contributed by atoms with Gasteiger partial charge >= 0.3 is 0 Å². The van der Waals surface area contributed by atoms with Crippen molar-refractivity contribution in [3.63, 3.8) is 0 Å². The van der Waals surface area contributed by atoms with Gasteiger partial charge in [0.15, 0.2) is 0 Å². The Morgan fingerprint density at radius 1 is 1.13 bits per heavy atom. The van der Waals surface area contributed by atoms with Gasteiger partial charge in [-0.2, -0.15) is 8.42 Å². The van der Waals surface area contributed by atoms with Gasteiger partial charge in [-0.05, 0) is 59.3 Å². The van der Waals surface area contributed by atoms with Gasteiger partial charge in [0.1, 0.15) is 5.60 Å². The summed E-state index contributed by atoms with van der Waals surface area (Å²) >= 11 is 0. The quantitative estimate of drug-likeness (QED) is 0.363. The van der Waals surface area contributed by atoms with Crippen molar-refractivity contribution in [1.82, 2.24) is 0 Å². The van der Waals surface area contributed by atoms with Crippen LogP contribution < -0.4 is 0 Å². The summed E-state index contributed by atoms with van der Waals surface area (Å²) in [4.78, 5) is 5.52. The summed E-state index contributed by atoms with van der Waals surface area (Å²) in [6.45, 7) is 6.84. The van der Waals surface area contributed by atoms with Gasteiger partial charge in [0, 0.05) is 6.61 Å². The fourth-order valence-corrected chi connectivity index (χ4v) is 2.68. The fraction of sp³-hybridized carbons (Fsp3) is 0.938. The van der Waals surface area contributed by atoms with Gasteiger partial charge in [-0.15, -0.1) is 0 Å². The highest BCUT2D eigenvalue weighted by molar-refractivity contribution is 7.85. The maximum atomic E-state index is 10.8. The summed E-state index contributed by atoms with van der Waals surface area (Å²) in [7, 11) is -3.32. The second-order valence-corrected chi connectivity index (χ2v) is 8.62. The van der Waals surface area contributed by atoms with Crippen molar-refractivity contribution in [2.24, 2.45) is 5.16 Å². The van der Waals surface area contributed by atoms with Crippen molar-refractivity contribution in [2.45, 2.75) is 77.4 Å². The van der Waals surface area contributed by atoms with Crippen LogP contribution in [0, 0.1) is 0 Å². The zero-order valence-corrected chi connectivity index (χ0v) is 15.7. The SMILES string of the molecule is CC(C)(C)O/N=C1\CCCCC1OCCCCCOS(C)(=O)=O. The summed E-state index contributed by atoms with van der Waals surface area (Å²) in [6, 6.07) is 0. The molecule has 136 valence electrons. The Morgan fingerprint density at radius 2 is 1.83 bits per heavy atom. The number of unbranched alkanes of at least 4 members (excludes halogenated alkanes) is 2. The molecule has 1 atom stereocenters. The van der Waals surface area contributed by atoms with Crippen LogP contribution in [-0.2, 0) is 23.9 Å². The van der Waals surface area contributed by atoms with E-state index >= 15 is 0 Å². The maximum absolute atomic E-state index is 10.8. The molecule has 1 unspecified atom stereocenters. The van der Waals surface area contributed by atoms with Crippen LogP contribution in [-0.4, -0.2) is 45.3 Å². The summed E-state index contributed by atoms with van der Waals surface area (Å²) in [5.74, 6) is 0. The van der Waals surface area contributed by atoms with E-state index in [0.717, 1.165) is 56.9 Å². The lowest BCUT2D eigenvalue weighted by Gasteiger charge is -2.25. The zero-order chi connectivity index (χ0) is 17.3. The van der Waals surface area contributed by atoms with Crippen molar-refractivity contribution in [3.8, 4) is 0 Å². The van der Waals surface area contributed by atoms with Crippen LogP contribution in [0.5, 0.6) is 0 Å². The number of hydrogen-bond acceptors (Lipinski definition) is 6. The summed E-state index contributed by atoms with van der Waals surface area (Å²) in [6.07, 6.45) is 7.82. The van der Waals surface area contributed by atoms with E-state index in [1.165, 1.54) is 0 Å². The van der Waals surface area contributed by atoms with E-state index in [0.29, 0.717) is 6.61 Å². The Labute approximate surface area is 140 Å². The highest BCUT2D eigenvalue weighted by atomic mass is 32.2. The van der Waals surface area contributed by atoms with Crippen LogP contribution in [0.3, 0.4) is 0 Å².